The first-order chi connectivity index (χ1) is 8.31. The van der Waals surface area contributed by atoms with Crippen LogP contribution in [-0.4, -0.2) is 41.8 Å². The van der Waals surface area contributed by atoms with Gasteiger partial charge in [0.15, 0.2) is 5.78 Å². The van der Waals surface area contributed by atoms with E-state index in [1.165, 1.54) is 11.3 Å². The number of nitrogens with zero attached hydrogens (tertiary/aromatic N) is 2. The van der Waals surface area contributed by atoms with Crippen LogP contribution in [0.5, 0.6) is 0 Å². The van der Waals surface area contributed by atoms with E-state index in [1.807, 2.05) is 6.07 Å². The number of hydrogen-bond acceptors (Lipinski definition) is 3. The first-order valence-corrected chi connectivity index (χ1v) is 6.06. The van der Waals surface area contributed by atoms with Gasteiger partial charge in [0.05, 0.1) is 6.54 Å². The van der Waals surface area contributed by atoms with Gasteiger partial charge in [-0.05, 0) is 5.56 Å². The maximum absolute atomic E-state index is 11.3. The summed E-state index contributed by atoms with van der Waals surface area (Å²) in [5.41, 5.74) is 2.53. The lowest BCUT2D eigenvalue weighted by atomic mass is 10.2. The van der Waals surface area contributed by atoms with Crippen LogP contribution in [0.1, 0.15) is 5.56 Å². The average Bonchev–Trinajstić information content (AvgIpc) is 2.70. The molecule has 3 rings (SSSR count). The third kappa shape index (κ3) is 2.24. The number of carbonyl (C=O) groups is 1. The molecule has 0 N–H and O–H groups in total. The van der Waals surface area contributed by atoms with Gasteiger partial charge in [-0.15, -0.1) is 0 Å². The monoisotopic (exact) mass is 228 g/mol. The lowest BCUT2D eigenvalue weighted by Crippen LogP contribution is -2.42. The molecule has 0 spiro atoms. The summed E-state index contributed by atoms with van der Waals surface area (Å²) < 4.78 is 0. The quantitative estimate of drug-likeness (QED) is 0.761. The Kier molecular flexibility index (Phi) is 2.69. The SMILES string of the molecule is O=C1C=C2CN(Cc3ccccc3)CCN2C1. The van der Waals surface area contributed by atoms with Crippen molar-refractivity contribution in [3.8, 4) is 0 Å². The van der Waals surface area contributed by atoms with E-state index in [1.54, 1.807) is 6.08 Å². The Bertz CT molecular complexity index is 453. The summed E-state index contributed by atoms with van der Waals surface area (Å²) in [6.45, 7) is 4.49. The van der Waals surface area contributed by atoms with Gasteiger partial charge in [-0.25, -0.2) is 0 Å². The second kappa shape index (κ2) is 4.34. The van der Waals surface area contributed by atoms with E-state index in [0.29, 0.717) is 6.54 Å². The molecule has 0 aliphatic carbocycles. The highest BCUT2D eigenvalue weighted by Crippen LogP contribution is 2.19. The number of rotatable bonds is 2. The number of carbonyl (C=O) groups excluding carboxylic acids is 1. The molecule has 1 saturated heterocycles. The van der Waals surface area contributed by atoms with Crippen molar-refractivity contribution >= 4 is 5.78 Å². The third-order valence-corrected chi connectivity index (χ3v) is 3.40. The Hall–Kier alpha value is -1.61. The molecular formula is C14H16N2O. The molecule has 0 radical (unpaired) electrons. The summed E-state index contributed by atoms with van der Waals surface area (Å²) in [6.07, 6.45) is 1.80. The Morgan fingerprint density at radius 3 is 2.71 bits per heavy atom. The zero-order valence-corrected chi connectivity index (χ0v) is 9.80. The topological polar surface area (TPSA) is 23.6 Å². The van der Waals surface area contributed by atoms with Crippen molar-refractivity contribution in [2.75, 3.05) is 26.2 Å². The Labute approximate surface area is 101 Å². The van der Waals surface area contributed by atoms with Gasteiger partial charge in [-0.2, -0.15) is 0 Å². The lowest BCUT2D eigenvalue weighted by Gasteiger charge is -2.35. The predicted molar refractivity (Wildman–Crippen MR) is 66.4 cm³/mol. The fourth-order valence-corrected chi connectivity index (χ4v) is 2.53. The van der Waals surface area contributed by atoms with Crippen LogP contribution in [0.25, 0.3) is 0 Å². The first-order valence-electron chi connectivity index (χ1n) is 6.06. The molecule has 2 heterocycles. The summed E-state index contributed by atoms with van der Waals surface area (Å²) in [7, 11) is 0. The van der Waals surface area contributed by atoms with Gasteiger partial charge in [-0.3, -0.25) is 9.69 Å². The Morgan fingerprint density at radius 1 is 1.06 bits per heavy atom. The minimum atomic E-state index is 0.251. The number of fused-ring (bicyclic) bond motifs is 1. The van der Waals surface area contributed by atoms with Crippen LogP contribution < -0.4 is 0 Å². The number of benzene rings is 1. The summed E-state index contributed by atoms with van der Waals surface area (Å²) in [6, 6.07) is 10.5. The third-order valence-electron chi connectivity index (χ3n) is 3.40. The molecular weight excluding hydrogens is 212 g/mol. The number of piperazine rings is 1. The van der Waals surface area contributed by atoms with E-state index in [-0.39, 0.29) is 5.78 Å². The molecule has 0 saturated carbocycles. The molecule has 17 heavy (non-hydrogen) atoms. The fraction of sp³-hybridized carbons (Fsp3) is 0.357. The molecule has 1 aromatic carbocycles. The van der Waals surface area contributed by atoms with Crippen molar-refractivity contribution in [2.45, 2.75) is 6.54 Å². The van der Waals surface area contributed by atoms with Crippen LogP contribution in [0.2, 0.25) is 0 Å². The maximum atomic E-state index is 11.3. The van der Waals surface area contributed by atoms with Gasteiger partial charge in [0.2, 0.25) is 0 Å². The molecule has 2 aliphatic heterocycles. The Morgan fingerprint density at radius 2 is 1.88 bits per heavy atom. The van der Waals surface area contributed by atoms with Gasteiger partial charge in [0, 0.05) is 38.0 Å². The molecule has 0 bridgehead atoms. The van der Waals surface area contributed by atoms with Crippen LogP contribution in [-0.2, 0) is 11.3 Å². The molecule has 0 amide bonds. The standard InChI is InChI=1S/C14H16N2O/c17-14-8-13-10-15(6-7-16(13)11-14)9-12-4-2-1-3-5-12/h1-5,8H,6-7,9-11H2. The molecule has 3 nitrogen and oxygen atoms in total. The van der Waals surface area contributed by atoms with Gasteiger partial charge in [-0.1, -0.05) is 30.3 Å². The van der Waals surface area contributed by atoms with Gasteiger partial charge >= 0.3 is 0 Å². The van der Waals surface area contributed by atoms with Crippen LogP contribution in [0.3, 0.4) is 0 Å². The number of ketones is 1. The fourth-order valence-electron chi connectivity index (χ4n) is 2.53. The first kappa shape index (κ1) is 10.5. The molecule has 2 aliphatic rings. The van der Waals surface area contributed by atoms with Gasteiger partial charge < -0.3 is 4.90 Å². The molecule has 3 heteroatoms. The predicted octanol–water partition coefficient (Wildman–Crippen LogP) is 1.27. The van der Waals surface area contributed by atoms with Crippen LogP contribution in [0, 0.1) is 0 Å². The van der Waals surface area contributed by atoms with E-state index in [9.17, 15) is 4.79 Å². The molecule has 1 fully saturated rings. The number of hydrogen-bond donors (Lipinski definition) is 0. The van der Waals surface area contributed by atoms with Crippen molar-refractivity contribution < 1.29 is 4.79 Å². The van der Waals surface area contributed by atoms with E-state index < -0.39 is 0 Å². The minimum absolute atomic E-state index is 0.251. The van der Waals surface area contributed by atoms with Crippen LogP contribution >= 0.6 is 0 Å². The molecule has 0 aromatic heterocycles. The maximum Gasteiger partial charge on any atom is 0.176 e. The summed E-state index contributed by atoms with van der Waals surface area (Å²) in [5, 5.41) is 0. The smallest absolute Gasteiger partial charge is 0.176 e. The van der Waals surface area contributed by atoms with Crippen molar-refractivity contribution in [1.82, 2.24) is 9.80 Å². The van der Waals surface area contributed by atoms with Gasteiger partial charge in [0.1, 0.15) is 0 Å². The normalized spacial score (nSPS) is 20.4. The summed E-state index contributed by atoms with van der Waals surface area (Å²) in [5.74, 6) is 0.251. The lowest BCUT2D eigenvalue weighted by molar-refractivity contribution is -0.114. The second-order valence-electron chi connectivity index (χ2n) is 4.72. The average molecular weight is 228 g/mol. The van der Waals surface area contributed by atoms with Crippen molar-refractivity contribution in [3.05, 3.63) is 47.7 Å². The highest BCUT2D eigenvalue weighted by Gasteiger charge is 2.26. The van der Waals surface area contributed by atoms with Crippen molar-refractivity contribution in [1.29, 1.82) is 0 Å². The Balaban J connectivity index is 1.67. The van der Waals surface area contributed by atoms with E-state index >= 15 is 0 Å². The molecule has 1 aromatic rings. The van der Waals surface area contributed by atoms with Gasteiger partial charge in [0.25, 0.3) is 0 Å². The van der Waals surface area contributed by atoms with Crippen molar-refractivity contribution in [2.24, 2.45) is 0 Å². The minimum Gasteiger partial charge on any atom is -0.365 e. The van der Waals surface area contributed by atoms with Crippen LogP contribution in [0.15, 0.2) is 42.1 Å². The largest absolute Gasteiger partial charge is 0.365 e. The van der Waals surface area contributed by atoms with E-state index in [0.717, 1.165) is 26.2 Å². The molecule has 0 atom stereocenters. The highest BCUT2D eigenvalue weighted by atomic mass is 16.1. The highest BCUT2D eigenvalue weighted by molar-refractivity contribution is 5.94. The molecule has 88 valence electrons. The van der Waals surface area contributed by atoms with Crippen LogP contribution in [0.4, 0.5) is 0 Å². The molecule has 0 unspecified atom stereocenters. The summed E-state index contributed by atoms with van der Waals surface area (Å²) in [4.78, 5) is 15.9. The van der Waals surface area contributed by atoms with Crippen molar-refractivity contribution in [3.63, 3.8) is 0 Å². The zero-order valence-electron chi connectivity index (χ0n) is 9.80. The second-order valence-corrected chi connectivity index (χ2v) is 4.72. The zero-order chi connectivity index (χ0) is 11.7. The summed E-state index contributed by atoms with van der Waals surface area (Å²) >= 11 is 0. The van der Waals surface area contributed by atoms with E-state index in [2.05, 4.69) is 34.1 Å². The van der Waals surface area contributed by atoms with E-state index in [4.69, 9.17) is 0 Å².